The van der Waals surface area contributed by atoms with Gasteiger partial charge < -0.3 is 18.7 Å². The van der Waals surface area contributed by atoms with Gasteiger partial charge in [0.25, 0.3) is 0 Å². The van der Waals surface area contributed by atoms with Crippen LogP contribution < -0.4 is 0 Å². The maximum atomic E-state index is 6.45. The molecule has 2 bridgehead atoms. The molecule has 0 unspecified atom stereocenters. The van der Waals surface area contributed by atoms with Gasteiger partial charge in [0, 0.05) is 17.0 Å². The lowest BCUT2D eigenvalue weighted by Crippen LogP contribution is -2.22. The highest BCUT2D eigenvalue weighted by Crippen LogP contribution is 2.46. The summed E-state index contributed by atoms with van der Waals surface area (Å²) in [6.07, 6.45) is 6.67. The zero-order chi connectivity index (χ0) is 19.8. The predicted octanol–water partition coefficient (Wildman–Crippen LogP) is 5.77. The molecule has 5 nitrogen and oxygen atoms in total. The van der Waals surface area contributed by atoms with E-state index in [9.17, 15) is 0 Å². The van der Waals surface area contributed by atoms with Crippen molar-refractivity contribution < 1.29 is 18.7 Å². The van der Waals surface area contributed by atoms with Crippen LogP contribution in [0.4, 0.5) is 0 Å². The van der Waals surface area contributed by atoms with Crippen LogP contribution in [0.1, 0.15) is 55.8 Å². The lowest BCUT2D eigenvalue weighted by atomic mass is 10.0. The van der Waals surface area contributed by atoms with Crippen LogP contribution in [0.15, 0.2) is 22.7 Å². The molecule has 7 heteroatoms. The second-order valence-electron chi connectivity index (χ2n) is 8.21. The average Bonchev–Trinajstić information content (AvgIpc) is 3.46. The molecule has 0 amide bonds. The highest BCUT2D eigenvalue weighted by atomic mass is 35.5. The van der Waals surface area contributed by atoms with Crippen molar-refractivity contribution >= 4 is 23.2 Å². The van der Waals surface area contributed by atoms with Gasteiger partial charge in [0.2, 0.25) is 0 Å². The molecule has 156 valence electrons. The number of ether oxygens (including phenoxy) is 3. The van der Waals surface area contributed by atoms with Crippen molar-refractivity contribution in [2.24, 2.45) is 0 Å². The van der Waals surface area contributed by atoms with E-state index in [4.69, 9.17) is 41.9 Å². The van der Waals surface area contributed by atoms with Crippen molar-refractivity contribution in [1.82, 2.24) is 5.16 Å². The standard InChI is InChI=1S/C22H25Cl2NO4/c23-18-2-1-3-19(24)20(18)21-17(22(29-25-21)13-4-5-13)12-28-16-10-14-6-7-15(11-16)27-9-8-26-14/h1-3,13-16H,4-12H2/t14-,15+,16+. The van der Waals surface area contributed by atoms with E-state index in [1.807, 2.05) is 18.2 Å². The summed E-state index contributed by atoms with van der Waals surface area (Å²) in [6.45, 7) is 1.76. The minimum Gasteiger partial charge on any atom is -0.376 e. The molecule has 5 rings (SSSR count). The Morgan fingerprint density at radius 2 is 1.62 bits per heavy atom. The zero-order valence-electron chi connectivity index (χ0n) is 16.2. The Morgan fingerprint density at radius 1 is 0.966 bits per heavy atom. The number of hydrogen-bond donors (Lipinski definition) is 0. The van der Waals surface area contributed by atoms with Gasteiger partial charge in [-0.1, -0.05) is 34.4 Å². The van der Waals surface area contributed by atoms with Crippen LogP contribution in [0.3, 0.4) is 0 Å². The summed E-state index contributed by atoms with van der Waals surface area (Å²) in [5.41, 5.74) is 2.38. The molecule has 0 radical (unpaired) electrons. The molecule has 3 atom stereocenters. The molecule has 1 aromatic carbocycles. The van der Waals surface area contributed by atoms with E-state index < -0.39 is 0 Å². The topological polar surface area (TPSA) is 53.7 Å². The lowest BCUT2D eigenvalue weighted by Gasteiger charge is -2.20. The third-order valence-corrected chi connectivity index (χ3v) is 6.71. The van der Waals surface area contributed by atoms with Crippen molar-refractivity contribution in [3.8, 4) is 11.3 Å². The Bertz CT molecular complexity index is 830. The third-order valence-electron chi connectivity index (χ3n) is 6.08. The first kappa shape index (κ1) is 19.8. The van der Waals surface area contributed by atoms with Crippen molar-refractivity contribution in [2.75, 3.05) is 13.2 Å². The van der Waals surface area contributed by atoms with Gasteiger partial charge in [-0.2, -0.15) is 0 Å². The van der Waals surface area contributed by atoms with Gasteiger partial charge in [-0.25, -0.2) is 0 Å². The fourth-order valence-electron chi connectivity index (χ4n) is 4.41. The molecular weight excluding hydrogens is 413 g/mol. The van der Waals surface area contributed by atoms with Crippen LogP contribution in [-0.2, 0) is 20.8 Å². The summed E-state index contributed by atoms with van der Waals surface area (Å²) in [5.74, 6) is 1.33. The Labute approximate surface area is 180 Å². The maximum Gasteiger partial charge on any atom is 0.145 e. The largest absolute Gasteiger partial charge is 0.376 e. The third kappa shape index (κ3) is 4.35. The van der Waals surface area contributed by atoms with E-state index in [1.165, 1.54) is 0 Å². The quantitative estimate of drug-likeness (QED) is 0.593. The molecule has 1 aliphatic heterocycles. The van der Waals surface area contributed by atoms with E-state index >= 15 is 0 Å². The predicted molar refractivity (Wildman–Crippen MR) is 110 cm³/mol. The fourth-order valence-corrected chi connectivity index (χ4v) is 4.98. The molecule has 2 heterocycles. The summed E-state index contributed by atoms with van der Waals surface area (Å²) in [5, 5.41) is 5.48. The summed E-state index contributed by atoms with van der Waals surface area (Å²) in [6, 6.07) is 5.48. The minimum absolute atomic E-state index is 0.0853. The average molecular weight is 438 g/mol. The summed E-state index contributed by atoms with van der Waals surface area (Å²) in [7, 11) is 0. The Hall–Kier alpha value is -1.11. The first-order chi connectivity index (χ1) is 14.2. The second-order valence-corrected chi connectivity index (χ2v) is 9.03. The first-order valence-electron chi connectivity index (χ1n) is 10.5. The molecule has 2 aromatic rings. The molecule has 1 aromatic heterocycles. The Morgan fingerprint density at radius 3 is 2.24 bits per heavy atom. The Kier molecular flexibility index (Phi) is 5.85. The zero-order valence-corrected chi connectivity index (χ0v) is 17.8. The van der Waals surface area contributed by atoms with Gasteiger partial charge in [0.1, 0.15) is 11.5 Å². The van der Waals surface area contributed by atoms with Gasteiger partial charge in [-0.15, -0.1) is 0 Å². The SMILES string of the molecule is Clc1cccc(Cl)c1-c1noc(C2CC2)c1CO[C@H]1C[C@H]2CC[C@@H](C1)OCCO2. The molecule has 1 saturated heterocycles. The molecule has 29 heavy (non-hydrogen) atoms. The van der Waals surface area contributed by atoms with E-state index in [0.717, 1.165) is 49.8 Å². The molecule has 2 aliphatic carbocycles. The maximum absolute atomic E-state index is 6.45. The molecular formula is C22H25Cl2NO4. The molecule has 3 fully saturated rings. The number of fused-ring (bicyclic) bond motifs is 3. The monoisotopic (exact) mass is 437 g/mol. The van der Waals surface area contributed by atoms with Crippen molar-refractivity contribution in [2.45, 2.75) is 69.4 Å². The highest BCUT2D eigenvalue weighted by Gasteiger charge is 2.35. The number of benzene rings is 1. The normalized spacial score (nSPS) is 27.4. The van der Waals surface area contributed by atoms with Gasteiger partial charge in [0.05, 0.1) is 48.2 Å². The van der Waals surface area contributed by atoms with Crippen molar-refractivity contribution in [3.05, 3.63) is 39.6 Å². The van der Waals surface area contributed by atoms with E-state index in [-0.39, 0.29) is 18.3 Å². The fraction of sp³-hybridized carbons (Fsp3) is 0.591. The van der Waals surface area contributed by atoms with Crippen LogP contribution in [0.5, 0.6) is 0 Å². The smallest absolute Gasteiger partial charge is 0.145 e. The number of aromatic nitrogens is 1. The van der Waals surface area contributed by atoms with Crippen molar-refractivity contribution in [3.63, 3.8) is 0 Å². The number of halogens is 2. The first-order valence-corrected chi connectivity index (χ1v) is 11.2. The van der Waals surface area contributed by atoms with Crippen LogP contribution in [0.2, 0.25) is 10.0 Å². The summed E-state index contributed by atoms with van der Waals surface area (Å²) >= 11 is 12.9. The van der Waals surface area contributed by atoms with Gasteiger partial charge in [-0.3, -0.25) is 0 Å². The summed E-state index contributed by atoms with van der Waals surface area (Å²) < 4.78 is 24.0. The minimum atomic E-state index is 0.0853. The lowest BCUT2D eigenvalue weighted by molar-refractivity contribution is -0.0451. The highest BCUT2D eigenvalue weighted by molar-refractivity contribution is 6.39. The van der Waals surface area contributed by atoms with Gasteiger partial charge in [-0.05, 0) is 50.7 Å². The molecule has 2 saturated carbocycles. The van der Waals surface area contributed by atoms with Crippen LogP contribution in [0.25, 0.3) is 11.3 Å². The van der Waals surface area contributed by atoms with Gasteiger partial charge >= 0.3 is 0 Å². The van der Waals surface area contributed by atoms with E-state index in [1.54, 1.807) is 0 Å². The molecule has 0 N–H and O–H groups in total. The van der Waals surface area contributed by atoms with Gasteiger partial charge in [0.15, 0.2) is 0 Å². The van der Waals surface area contributed by atoms with Crippen LogP contribution >= 0.6 is 23.2 Å². The number of nitrogens with zero attached hydrogens (tertiary/aromatic N) is 1. The second kappa shape index (κ2) is 8.56. The van der Waals surface area contributed by atoms with E-state index in [0.29, 0.717) is 47.0 Å². The number of hydrogen-bond acceptors (Lipinski definition) is 5. The van der Waals surface area contributed by atoms with E-state index in [2.05, 4.69) is 5.16 Å². The van der Waals surface area contributed by atoms with Crippen LogP contribution in [-0.4, -0.2) is 36.7 Å². The molecule has 0 spiro atoms. The molecule has 3 aliphatic rings. The Balaban J connectivity index is 1.40. The van der Waals surface area contributed by atoms with Crippen LogP contribution in [0, 0.1) is 0 Å². The van der Waals surface area contributed by atoms with Crippen molar-refractivity contribution in [1.29, 1.82) is 0 Å². The summed E-state index contributed by atoms with van der Waals surface area (Å²) in [4.78, 5) is 0. The number of rotatable bonds is 5.